The molecule has 0 saturated carbocycles. The fourth-order valence-electron chi connectivity index (χ4n) is 1.07. The monoisotopic (exact) mass is 306 g/mol. The van der Waals surface area contributed by atoms with E-state index in [1.54, 1.807) is 0 Å². The molecule has 0 saturated heterocycles. The summed E-state index contributed by atoms with van der Waals surface area (Å²) in [6.07, 6.45) is -4.06. The number of aromatic nitrogens is 2. The van der Waals surface area contributed by atoms with Crippen LogP contribution in [0.25, 0.3) is 0 Å². The Morgan fingerprint density at radius 3 is 2.31 bits per heavy atom. The van der Waals surface area contributed by atoms with Gasteiger partial charge < -0.3 is 0 Å². The second-order valence-corrected chi connectivity index (χ2v) is 4.14. The molecular weight excluding hydrogens is 299 g/mol. The van der Waals surface area contributed by atoms with Crippen LogP contribution >= 0.6 is 15.9 Å². The third-order valence-electron chi connectivity index (χ3n) is 1.89. The van der Waals surface area contributed by atoms with Crippen LogP contribution in [0, 0.1) is 0 Å². The van der Waals surface area contributed by atoms with Crippen LogP contribution in [0.4, 0.5) is 22.0 Å². The first kappa shape index (κ1) is 13.4. The van der Waals surface area contributed by atoms with Gasteiger partial charge in [-0.15, -0.1) is 0 Å². The number of hydrogen-bond acceptors (Lipinski definition) is 1. The van der Waals surface area contributed by atoms with E-state index in [9.17, 15) is 22.0 Å². The second kappa shape index (κ2) is 4.68. The molecule has 0 unspecified atom stereocenters. The van der Waals surface area contributed by atoms with Crippen LogP contribution in [-0.4, -0.2) is 21.9 Å². The molecular formula is C8H8BrF5N2. The van der Waals surface area contributed by atoms with Gasteiger partial charge in [-0.3, -0.25) is 4.68 Å². The minimum atomic E-state index is -5.47. The predicted octanol–water partition coefficient (Wildman–Crippen LogP) is 3.62. The van der Waals surface area contributed by atoms with Crippen LogP contribution in [-0.2, 0) is 6.54 Å². The predicted molar refractivity (Wildman–Crippen MR) is 50.2 cm³/mol. The third-order valence-corrected chi connectivity index (χ3v) is 2.30. The summed E-state index contributed by atoms with van der Waals surface area (Å²) in [5, 5.41) is 3.74. The molecule has 1 rings (SSSR count). The van der Waals surface area contributed by atoms with E-state index in [1.807, 2.05) is 0 Å². The van der Waals surface area contributed by atoms with Crippen LogP contribution in [0.1, 0.15) is 12.8 Å². The molecule has 0 atom stereocenters. The van der Waals surface area contributed by atoms with Crippen molar-refractivity contribution in [1.82, 2.24) is 9.78 Å². The van der Waals surface area contributed by atoms with Crippen LogP contribution in [0.3, 0.4) is 0 Å². The zero-order valence-electron chi connectivity index (χ0n) is 7.94. The lowest BCUT2D eigenvalue weighted by Crippen LogP contribution is -2.36. The van der Waals surface area contributed by atoms with Gasteiger partial charge in [0.1, 0.15) is 0 Å². The van der Waals surface area contributed by atoms with Gasteiger partial charge in [0.15, 0.2) is 0 Å². The zero-order chi connectivity index (χ0) is 12.4. The molecule has 1 heterocycles. The van der Waals surface area contributed by atoms with Crippen molar-refractivity contribution in [2.45, 2.75) is 31.5 Å². The van der Waals surface area contributed by atoms with E-state index in [1.165, 1.54) is 17.1 Å². The lowest BCUT2D eigenvalue weighted by molar-refractivity contribution is -0.284. The Kier molecular flexibility index (Phi) is 3.92. The quantitative estimate of drug-likeness (QED) is 0.777. The zero-order valence-corrected chi connectivity index (χ0v) is 9.52. The molecule has 2 nitrogen and oxygen atoms in total. The number of halogens is 6. The normalized spacial score (nSPS) is 13.1. The molecule has 0 aliphatic heterocycles. The number of rotatable bonds is 4. The molecule has 0 aliphatic rings. The Bertz CT molecular complexity index is 346. The maximum atomic E-state index is 12.5. The highest BCUT2D eigenvalue weighted by atomic mass is 79.9. The highest BCUT2D eigenvalue weighted by Crippen LogP contribution is 2.38. The highest BCUT2D eigenvalue weighted by molar-refractivity contribution is 9.10. The number of aryl methyl sites for hydroxylation is 1. The molecule has 0 aliphatic carbocycles. The summed E-state index contributed by atoms with van der Waals surface area (Å²) < 4.78 is 62.2. The molecule has 0 amide bonds. The van der Waals surface area contributed by atoms with Crippen molar-refractivity contribution in [3.63, 3.8) is 0 Å². The first-order chi connectivity index (χ1) is 7.22. The Hall–Kier alpha value is -0.660. The van der Waals surface area contributed by atoms with Crippen molar-refractivity contribution in [3.8, 4) is 0 Å². The van der Waals surface area contributed by atoms with Gasteiger partial charge in [0, 0.05) is 19.2 Å². The van der Waals surface area contributed by atoms with Crippen molar-refractivity contribution < 1.29 is 22.0 Å². The summed E-state index contributed by atoms with van der Waals surface area (Å²) in [5.74, 6) is -4.63. The first-order valence-corrected chi connectivity index (χ1v) is 5.14. The average Bonchev–Trinajstić information content (AvgIpc) is 2.49. The van der Waals surface area contributed by atoms with E-state index >= 15 is 0 Å². The van der Waals surface area contributed by atoms with Crippen molar-refractivity contribution in [1.29, 1.82) is 0 Å². The maximum absolute atomic E-state index is 12.5. The largest absolute Gasteiger partial charge is 0.453 e. The molecule has 1 aromatic heterocycles. The van der Waals surface area contributed by atoms with Gasteiger partial charge >= 0.3 is 12.1 Å². The van der Waals surface area contributed by atoms with Crippen LogP contribution < -0.4 is 0 Å². The van der Waals surface area contributed by atoms with Gasteiger partial charge in [-0.1, -0.05) is 0 Å². The SMILES string of the molecule is FC(F)(F)C(F)(F)CCCn1cc(Br)cn1. The minimum Gasteiger partial charge on any atom is -0.272 e. The summed E-state index contributed by atoms with van der Waals surface area (Å²) >= 11 is 3.08. The van der Waals surface area contributed by atoms with E-state index in [-0.39, 0.29) is 13.0 Å². The van der Waals surface area contributed by atoms with Crippen LogP contribution in [0.15, 0.2) is 16.9 Å². The molecule has 0 N–H and O–H groups in total. The van der Waals surface area contributed by atoms with Gasteiger partial charge in [0.25, 0.3) is 0 Å². The van der Waals surface area contributed by atoms with Gasteiger partial charge in [0.2, 0.25) is 0 Å². The van der Waals surface area contributed by atoms with Crippen molar-refractivity contribution in [2.24, 2.45) is 0 Å². The Morgan fingerprint density at radius 1 is 1.25 bits per heavy atom. The molecule has 16 heavy (non-hydrogen) atoms. The number of hydrogen-bond donors (Lipinski definition) is 0. The van der Waals surface area contributed by atoms with E-state index in [2.05, 4.69) is 21.0 Å². The maximum Gasteiger partial charge on any atom is 0.453 e. The lowest BCUT2D eigenvalue weighted by atomic mass is 10.2. The van der Waals surface area contributed by atoms with Crippen LogP contribution in [0.5, 0.6) is 0 Å². The summed E-state index contributed by atoms with van der Waals surface area (Å²) in [7, 11) is 0. The Labute approximate surface area is 96.6 Å². The summed E-state index contributed by atoms with van der Waals surface area (Å²) in [6.45, 7) is 0.0251. The van der Waals surface area contributed by atoms with Crippen LogP contribution in [0.2, 0.25) is 0 Å². The van der Waals surface area contributed by atoms with E-state index in [4.69, 9.17) is 0 Å². The van der Waals surface area contributed by atoms with Gasteiger partial charge in [0.05, 0.1) is 10.7 Å². The minimum absolute atomic E-state index is 0.0251. The van der Waals surface area contributed by atoms with E-state index in [0.29, 0.717) is 4.47 Å². The molecule has 0 radical (unpaired) electrons. The van der Waals surface area contributed by atoms with Gasteiger partial charge in [-0.25, -0.2) is 0 Å². The summed E-state index contributed by atoms with van der Waals surface area (Å²) in [4.78, 5) is 0. The highest BCUT2D eigenvalue weighted by Gasteiger charge is 2.56. The fraction of sp³-hybridized carbons (Fsp3) is 0.625. The van der Waals surface area contributed by atoms with Crippen molar-refractivity contribution in [2.75, 3.05) is 0 Å². The van der Waals surface area contributed by atoms with Gasteiger partial charge in [-0.2, -0.15) is 27.1 Å². The molecule has 8 heteroatoms. The smallest absolute Gasteiger partial charge is 0.272 e. The molecule has 1 aromatic rings. The molecule has 92 valence electrons. The van der Waals surface area contributed by atoms with Crippen molar-refractivity contribution in [3.05, 3.63) is 16.9 Å². The summed E-state index contributed by atoms with van der Waals surface area (Å²) in [6, 6.07) is 0. The van der Waals surface area contributed by atoms with E-state index in [0.717, 1.165) is 0 Å². The summed E-state index contributed by atoms with van der Waals surface area (Å²) in [5.41, 5.74) is 0. The number of alkyl halides is 5. The Morgan fingerprint density at radius 2 is 1.88 bits per heavy atom. The topological polar surface area (TPSA) is 17.8 Å². The van der Waals surface area contributed by atoms with Gasteiger partial charge in [-0.05, 0) is 22.4 Å². The first-order valence-electron chi connectivity index (χ1n) is 4.35. The average molecular weight is 307 g/mol. The Balaban J connectivity index is 2.41. The standard InChI is InChI=1S/C8H8BrF5N2/c9-6-4-15-16(5-6)3-1-2-7(10,11)8(12,13)14/h4-5H,1-3H2. The molecule has 0 spiro atoms. The van der Waals surface area contributed by atoms with Crippen molar-refractivity contribution >= 4 is 15.9 Å². The molecule has 0 bridgehead atoms. The fourth-order valence-corrected chi connectivity index (χ4v) is 1.39. The second-order valence-electron chi connectivity index (χ2n) is 3.23. The molecule has 0 aromatic carbocycles. The molecule has 0 fully saturated rings. The number of nitrogens with zero attached hydrogens (tertiary/aromatic N) is 2. The lowest BCUT2D eigenvalue weighted by Gasteiger charge is -2.19. The third kappa shape index (κ3) is 3.43. The van der Waals surface area contributed by atoms with E-state index < -0.39 is 18.5 Å².